The third-order valence-electron chi connectivity index (χ3n) is 2.92. The van der Waals surface area contributed by atoms with Gasteiger partial charge in [0.25, 0.3) is 0 Å². The summed E-state index contributed by atoms with van der Waals surface area (Å²) < 4.78 is 5.32. The average Bonchev–Trinajstić information content (AvgIpc) is 2.79. The second-order valence-corrected chi connectivity index (χ2v) is 5.15. The molecule has 0 spiro atoms. The van der Waals surface area contributed by atoms with E-state index >= 15 is 0 Å². The maximum Gasteiger partial charge on any atom is 0.0693 e. The van der Waals surface area contributed by atoms with Crippen LogP contribution in [0.3, 0.4) is 0 Å². The van der Waals surface area contributed by atoms with Crippen LogP contribution in [0, 0.1) is 5.92 Å². The molecule has 1 aromatic rings. The maximum absolute atomic E-state index is 5.97. The van der Waals surface area contributed by atoms with Gasteiger partial charge >= 0.3 is 0 Å². The highest BCUT2D eigenvalue weighted by Gasteiger charge is 2.14. The Hall–Kier alpha value is -0.480. The van der Waals surface area contributed by atoms with Gasteiger partial charge in [-0.15, -0.1) is 0 Å². The number of hydrogen-bond acceptors (Lipinski definition) is 3. The van der Waals surface area contributed by atoms with Gasteiger partial charge in [0.05, 0.1) is 22.3 Å². The molecule has 0 amide bonds. The number of ether oxygens (including phenoxy) is 1. The third kappa shape index (κ3) is 3.49. The second kappa shape index (κ2) is 5.91. The molecule has 1 aromatic carbocycles. The Morgan fingerprint density at radius 3 is 2.65 bits per heavy atom. The van der Waals surface area contributed by atoms with Crippen LogP contribution in [0.15, 0.2) is 12.1 Å². The molecule has 0 saturated carbocycles. The van der Waals surface area contributed by atoms with Crippen LogP contribution in [0.1, 0.15) is 12.0 Å². The van der Waals surface area contributed by atoms with Crippen LogP contribution in [0.5, 0.6) is 0 Å². The minimum Gasteiger partial charge on any atom is -0.396 e. The summed E-state index contributed by atoms with van der Waals surface area (Å²) in [6.07, 6.45) is 1.14. The van der Waals surface area contributed by atoms with Gasteiger partial charge < -0.3 is 15.8 Å². The largest absolute Gasteiger partial charge is 0.396 e. The van der Waals surface area contributed by atoms with Gasteiger partial charge in [0.15, 0.2) is 0 Å². The molecule has 1 unspecified atom stereocenters. The summed E-state index contributed by atoms with van der Waals surface area (Å²) in [7, 11) is 0. The predicted molar refractivity (Wildman–Crippen MR) is 71.5 cm³/mol. The molecule has 0 bridgehead atoms. The summed E-state index contributed by atoms with van der Waals surface area (Å²) in [6.45, 7) is 3.44. The molecular formula is C12H16Cl2N2O. The number of rotatable bonds is 4. The van der Waals surface area contributed by atoms with E-state index in [1.807, 2.05) is 12.1 Å². The van der Waals surface area contributed by atoms with Crippen molar-refractivity contribution >= 4 is 28.9 Å². The molecule has 3 N–H and O–H groups in total. The molecule has 0 aromatic heterocycles. The van der Waals surface area contributed by atoms with Gasteiger partial charge in [-0.3, -0.25) is 0 Å². The van der Waals surface area contributed by atoms with E-state index < -0.39 is 0 Å². The van der Waals surface area contributed by atoms with Crippen molar-refractivity contribution in [2.24, 2.45) is 5.92 Å². The van der Waals surface area contributed by atoms with Gasteiger partial charge in [0.2, 0.25) is 0 Å². The Bertz CT molecular complexity index is 369. The Balaban J connectivity index is 1.86. The first-order valence-corrected chi connectivity index (χ1v) is 6.44. The zero-order valence-corrected chi connectivity index (χ0v) is 11.0. The van der Waals surface area contributed by atoms with Gasteiger partial charge in [-0.25, -0.2) is 0 Å². The van der Waals surface area contributed by atoms with Crippen molar-refractivity contribution in [3.05, 3.63) is 27.7 Å². The van der Waals surface area contributed by atoms with Crippen molar-refractivity contribution in [1.29, 1.82) is 0 Å². The number of hydrogen-bond donors (Lipinski definition) is 2. The molecule has 2 rings (SSSR count). The first kappa shape index (κ1) is 13.0. The zero-order valence-electron chi connectivity index (χ0n) is 9.51. The number of nitrogens with two attached hydrogens (primary N) is 1. The molecule has 3 nitrogen and oxygen atoms in total. The Morgan fingerprint density at radius 2 is 2.06 bits per heavy atom. The van der Waals surface area contributed by atoms with E-state index in [2.05, 4.69) is 5.32 Å². The smallest absolute Gasteiger partial charge is 0.0693 e. The summed E-state index contributed by atoms with van der Waals surface area (Å²) in [5, 5.41) is 4.40. The Kier molecular flexibility index (Phi) is 4.51. The van der Waals surface area contributed by atoms with Crippen molar-refractivity contribution in [3.8, 4) is 0 Å². The number of halogens is 2. The molecule has 94 valence electrons. The Morgan fingerprint density at radius 1 is 1.35 bits per heavy atom. The summed E-state index contributed by atoms with van der Waals surface area (Å²) in [5.74, 6) is 0.620. The van der Waals surface area contributed by atoms with E-state index in [4.69, 9.17) is 33.7 Å². The Labute approximate surface area is 111 Å². The van der Waals surface area contributed by atoms with E-state index in [1.165, 1.54) is 0 Å². The lowest BCUT2D eigenvalue weighted by molar-refractivity contribution is 0.185. The molecule has 1 heterocycles. The fourth-order valence-electron chi connectivity index (χ4n) is 1.90. The fraction of sp³-hybridized carbons (Fsp3) is 0.500. The number of anilines is 1. The molecule has 0 radical (unpaired) electrons. The van der Waals surface area contributed by atoms with E-state index in [0.717, 1.165) is 38.3 Å². The first-order chi connectivity index (χ1) is 8.16. The zero-order chi connectivity index (χ0) is 12.3. The van der Waals surface area contributed by atoms with Crippen molar-refractivity contribution in [1.82, 2.24) is 5.32 Å². The van der Waals surface area contributed by atoms with Crippen molar-refractivity contribution in [3.63, 3.8) is 0 Å². The number of nitrogen functional groups attached to an aromatic ring is 1. The van der Waals surface area contributed by atoms with Crippen LogP contribution in [0.4, 0.5) is 5.69 Å². The van der Waals surface area contributed by atoms with Crippen LogP contribution in [0.25, 0.3) is 0 Å². The summed E-state index contributed by atoms with van der Waals surface area (Å²) in [4.78, 5) is 0. The summed E-state index contributed by atoms with van der Waals surface area (Å²) in [6, 6.07) is 3.70. The van der Waals surface area contributed by atoms with Gasteiger partial charge in [-0.05, 0) is 30.0 Å². The molecule has 1 atom stereocenters. The fourth-order valence-corrected chi connectivity index (χ4v) is 2.44. The van der Waals surface area contributed by atoms with Crippen LogP contribution in [-0.2, 0) is 11.3 Å². The van der Waals surface area contributed by atoms with E-state index in [9.17, 15) is 0 Å². The van der Waals surface area contributed by atoms with Gasteiger partial charge in [0, 0.05) is 19.7 Å². The van der Waals surface area contributed by atoms with Crippen molar-refractivity contribution in [2.75, 3.05) is 25.5 Å². The lowest BCUT2D eigenvalue weighted by atomic mass is 10.1. The molecule has 1 aliphatic rings. The van der Waals surface area contributed by atoms with Gasteiger partial charge in [-0.2, -0.15) is 0 Å². The van der Waals surface area contributed by atoms with E-state index in [1.54, 1.807) is 0 Å². The lowest BCUT2D eigenvalue weighted by Crippen LogP contribution is -2.22. The molecule has 17 heavy (non-hydrogen) atoms. The quantitative estimate of drug-likeness (QED) is 0.830. The third-order valence-corrected chi connectivity index (χ3v) is 3.55. The molecule has 1 saturated heterocycles. The van der Waals surface area contributed by atoms with Crippen LogP contribution < -0.4 is 11.1 Å². The molecule has 5 heteroatoms. The number of benzene rings is 1. The number of nitrogens with one attached hydrogen (secondary N) is 1. The highest BCUT2D eigenvalue weighted by atomic mass is 35.5. The van der Waals surface area contributed by atoms with E-state index in [-0.39, 0.29) is 0 Å². The van der Waals surface area contributed by atoms with Crippen molar-refractivity contribution < 1.29 is 4.74 Å². The monoisotopic (exact) mass is 274 g/mol. The van der Waals surface area contributed by atoms with Gasteiger partial charge in [0.1, 0.15) is 0 Å². The maximum atomic E-state index is 5.97. The normalized spacial score (nSPS) is 19.8. The summed E-state index contributed by atoms with van der Waals surface area (Å²) >= 11 is 11.9. The van der Waals surface area contributed by atoms with Gasteiger partial charge in [-0.1, -0.05) is 23.2 Å². The van der Waals surface area contributed by atoms with Crippen LogP contribution in [-0.4, -0.2) is 19.8 Å². The van der Waals surface area contributed by atoms with Crippen LogP contribution >= 0.6 is 23.2 Å². The van der Waals surface area contributed by atoms with E-state index in [0.29, 0.717) is 21.7 Å². The first-order valence-electron chi connectivity index (χ1n) is 5.68. The highest BCUT2D eigenvalue weighted by Crippen LogP contribution is 2.28. The average molecular weight is 275 g/mol. The van der Waals surface area contributed by atoms with Crippen LogP contribution in [0.2, 0.25) is 10.0 Å². The lowest BCUT2D eigenvalue weighted by Gasteiger charge is -2.10. The standard InChI is InChI=1S/C12H16Cl2N2O/c13-10-3-9(4-11(14)12(10)15)6-16-5-8-1-2-17-7-8/h3-4,8,16H,1-2,5-7,15H2. The minimum atomic E-state index is 0.446. The molecule has 0 aliphatic carbocycles. The molecule has 1 aliphatic heterocycles. The topological polar surface area (TPSA) is 47.3 Å². The second-order valence-electron chi connectivity index (χ2n) is 4.33. The highest BCUT2D eigenvalue weighted by molar-refractivity contribution is 6.38. The SMILES string of the molecule is Nc1c(Cl)cc(CNCC2CCOC2)cc1Cl. The molecular weight excluding hydrogens is 259 g/mol. The minimum absolute atomic E-state index is 0.446. The molecule has 1 fully saturated rings. The van der Waals surface area contributed by atoms with Crippen molar-refractivity contribution in [2.45, 2.75) is 13.0 Å². The predicted octanol–water partition coefficient (Wildman–Crippen LogP) is 2.70. The summed E-state index contributed by atoms with van der Waals surface area (Å²) in [5.41, 5.74) is 7.17.